The Bertz CT molecular complexity index is 240. The molecule has 0 aromatic heterocycles. The minimum absolute atomic E-state index is 0.811. The first-order valence-corrected chi connectivity index (χ1v) is 7.23. The van der Waals surface area contributed by atoms with Gasteiger partial charge in [0.25, 0.3) is 0 Å². The molecule has 0 aromatic carbocycles. The maximum atomic E-state index is 3.73. The summed E-state index contributed by atoms with van der Waals surface area (Å²) < 4.78 is 0. The van der Waals surface area contributed by atoms with Crippen LogP contribution in [0.25, 0.3) is 0 Å². The van der Waals surface area contributed by atoms with Gasteiger partial charge in [-0.25, -0.2) is 0 Å². The van der Waals surface area contributed by atoms with Crippen LogP contribution in [0.5, 0.6) is 0 Å². The molecule has 1 N–H and O–H groups in total. The highest BCUT2D eigenvalue weighted by Gasteiger charge is 2.25. The zero-order valence-corrected chi connectivity index (χ0v) is 11.0. The minimum Gasteiger partial charge on any atom is -0.313 e. The second-order valence-electron chi connectivity index (χ2n) is 5.70. The van der Waals surface area contributed by atoms with E-state index in [1.807, 2.05) is 0 Å². The summed E-state index contributed by atoms with van der Waals surface area (Å²) in [7, 11) is 0. The van der Waals surface area contributed by atoms with Gasteiger partial charge in [0.05, 0.1) is 0 Å². The first kappa shape index (κ1) is 12.2. The van der Waals surface area contributed by atoms with Crippen LogP contribution in [0.3, 0.4) is 0 Å². The zero-order chi connectivity index (χ0) is 11.4. The van der Waals surface area contributed by atoms with Crippen LogP contribution in [-0.2, 0) is 0 Å². The molecule has 2 atom stereocenters. The van der Waals surface area contributed by atoms with E-state index in [1.165, 1.54) is 51.5 Å². The Balaban J connectivity index is 1.91. The summed E-state index contributed by atoms with van der Waals surface area (Å²) in [5.41, 5.74) is 1.76. The van der Waals surface area contributed by atoms with Gasteiger partial charge >= 0.3 is 0 Å². The van der Waals surface area contributed by atoms with Gasteiger partial charge in [0.15, 0.2) is 0 Å². The second-order valence-corrected chi connectivity index (χ2v) is 5.70. The van der Waals surface area contributed by atoms with Gasteiger partial charge in [-0.2, -0.15) is 0 Å². The SMILES string of the molecule is CCC(C)C(CNC1CC1)C1=CCCCC1. The van der Waals surface area contributed by atoms with Gasteiger partial charge in [0.1, 0.15) is 0 Å². The number of allylic oxidation sites excluding steroid dienone is 1. The summed E-state index contributed by atoms with van der Waals surface area (Å²) in [6.45, 7) is 5.98. The lowest BCUT2D eigenvalue weighted by molar-refractivity contribution is 0.361. The molecule has 16 heavy (non-hydrogen) atoms. The molecule has 0 heterocycles. The molecule has 0 aromatic rings. The van der Waals surface area contributed by atoms with Crippen molar-refractivity contribution in [2.45, 2.75) is 64.8 Å². The topological polar surface area (TPSA) is 12.0 Å². The van der Waals surface area contributed by atoms with Gasteiger partial charge in [-0.1, -0.05) is 31.9 Å². The molecular formula is C15H27N. The summed E-state index contributed by atoms with van der Waals surface area (Å²) >= 11 is 0. The molecule has 2 unspecified atom stereocenters. The lowest BCUT2D eigenvalue weighted by atomic mass is 9.80. The summed E-state index contributed by atoms with van der Waals surface area (Å²) in [5, 5.41) is 3.73. The van der Waals surface area contributed by atoms with Gasteiger partial charge in [0.2, 0.25) is 0 Å². The van der Waals surface area contributed by atoms with Crippen molar-refractivity contribution in [3.63, 3.8) is 0 Å². The van der Waals surface area contributed by atoms with Gasteiger partial charge in [-0.15, -0.1) is 0 Å². The maximum Gasteiger partial charge on any atom is 0.00684 e. The van der Waals surface area contributed by atoms with Crippen LogP contribution in [-0.4, -0.2) is 12.6 Å². The third kappa shape index (κ3) is 3.35. The normalized spacial score (nSPS) is 25.0. The molecule has 2 aliphatic rings. The zero-order valence-electron chi connectivity index (χ0n) is 11.0. The molecular weight excluding hydrogens is 194 g/mol. The second kappa shape index (κ2) is 5.86. The van der Waals surface area contributed by atoms with Crippen molar-refractivity contribution < 1.29 is 0 Å². The van der Waals surface area contributed by atoms with E-state index in [4.69, 9.17) is 0 Å². The van der Waals surface area contributed by atoms with E-state index in [0.717, 1.165) is 17.9 Å². The molecule has 1 saturated carbocycles. The van der Waals surface area contributed by atoms with Crippen molar-refractivity contribution in [3.8, 4) is 0 Å². The van der Waals surface area contributed by atoms with E-state index in [0.29, 0.717) is 0 Å². The molecule has 0 saturated heterocycles. The fraction of sp³-hybridized carbons (Fsp3) is 0.867. The number of nitrogens with one attached hydrogen (secondary N) is 1. The van der Waals surface area contributed by atoms with Crippen LogP contribution in [0.2, 0.25) is 0 Å². The van der Waals surface area contributed by atoms with Gasteiger partial charge in [0, 0.05) is 12.6 Å². The summed E-state index contributed by atoms with van der Waals surface area (Å²) in [5.74, 6) is 1.65. The number of hydrogen-bond acceptors (Lipinski definition) is 1. The molecule has 0 amide bonds. The van der Waals surface area contributed by atoms with E-state index >= 15 is 0 Å². The van der Waals surface area contributed by atoms with E-state index in [1.54, 1.807) is 5.57 Å². The number of rotatable bonds is 6. The minimum atomic E-state index is 0.811. The Morgan fingerprint density at radius 2 is 2.19 bits per heavy atom. The van der Waals surface area contributed by atoms with Crippen LogP contribution in [0.15, 0.2) is 11.6 Å². The van der Waals surface area contributed by atoms with E-state index in [9.17, 15) is 0 Å². The maximum absolute atomic E-state index is 3.73. The van der Waals surface area contributed by atoms with Crippen molar-refractivity contribution in [2.24, 2.45) is 11.8 Å². The van der Waals surface area contributed by atoms with Gasteiger partial charge < -0.3 is 5.32 Å². The number of hydrogen-bond donors (Lipinski definition) is 1. The largest absolute Gasteiger partial charge is 0.313 e. The molecule has 0 spiro atoms. The molecule has 0 aliphatic heterocycles. The Hall–Kier alpha value is -0.300. The van der Waals surface area contributed by atoms with Crippen molar-refractivity contribution in [3.05, 3.63) is 11.6 Å². The Kier molecular flexibility index (Phi) is 4.45. The first-order chi connectivity index (χ1) is 7.81. The predicted octanol–water partition coefficient (Wildman–Crippen LogP) is 3.90. The Morgan fingerprint density at radius 1 is 1.38 bits per heavy atom. The quantitative estimate of drug-likeness (QED) is 0.671. The third-order valence-electron chi connectivity index (χ3n) is 4.34. The highest BCUT2D eigenvalue weighted by Crippen LogP contribution is 2.31. The van der Waals surface area contributed by atoms with Gasteiger partial charge in [-0.3, -0.25) is 0 Å². The fourth-order valence-electron chi connectivity index (χ4n) is 2.76. The molecule has 1 nitrogen and oxygen atoms in total. The smallest absolute Gasteiger partial charge is 0.00684 e. The molecule has 0 bridgehead atoms. The van der Waals surface area contributed by atoms with Crippen LogP contribution in [0.4, 0.5) is 0 Å². The predicted molar refractivity (Wildman–Crippen MR) is 70.5 cm³/mol. The van der Waals surface area contributed by atoms with E-state index in [2.05, 4.69) is 25.2 Å². The highest BCUT2D eigenvalue weighted by molar-refractivity contribution is 5.11. The molecule has 0 radical (unpaired) electrons. The average Bonchev–Trinajstić information content (AvgIpc) is 3.14. The summed E-state index contributed by atoms with van der Waals surface area (Å²) in [6.07, 6.45) is 12.2. The summed E-state index contributed by atoms with van der Waals surface area (Å²) in [6, 6.07) is 0.857. The van der Waals surface area contributed by atoms with Crippen LogP contribution in [0, 0.1) is 11.8 Å². The van der Waals surface area contributed by atoms with E-state index < -0.39 is 0 Å². The molecule has 2 rings (SSSR count). The summed E-state index contributed by atoms with van der Waals surface area (Å²) in [4.78, 5) is 0. The molecule has 1 fully saturated rings. The lowest BCUT2D eigenvalue weighted by Crippen LogP contribution is -2.30. The third-order valence-corrected chi connectivity index (χ3v) is 4.34. The van der Waals surface area contributed by atoms with Crippen LogP contribution < -0.4 is 5.32 Å². The molecule has 2 aliphatic carbocycles. The van der Waals surface area contributed by atoms with E-state index in [-0.39, 0.29) is 0 Å². The highest BCUT2D eigenvalue weighted by atomic mass is 14.9. The van der Waals surface area contributed by atoms with Crippen molar-refractivity contribution in [2.75, 3.05) is 6.54 Å². The van der Waals surface area contributed by atoms with Crippen molar-refractivity contribution in [1.29, 1.82) is 0 Å². The standard InChI is InChI=1S/C15H27N/c1-3-12(2)15(11-16-14-9-10-14)13-7-5-4-6-8-13/h7,12,14-16H,3-6,8-11H2,1-2H3. The molecule has 92 valence electrons. The average molecular weight is 221 g/mol. The van der Waals surface area contributed by atoms with Gasteiger partial charge in [-0.05, 0) is 50.4 Å². The lowest BCUT2D eigenvalue weighted by Gasteiger charge is -2.28. The first-order valence-electron chi connectivity index (χ1n) is 7.23. The Morgan fingerprint density at radius 3 is 2.75 bits per heavy atom. The van der Waals surface area contributed by atoms with Crippen LogP contribution >= 0.6 is 0 Å². The van der Waals surface area contributed by atoms with Crippen LogP contribution in [0.1, 0.15) is 58.8 Å². The monoisotopic (exact) mass is 221 g/mol. The Labute approximate surface area is 101 Å². The van der Waals surface area contributed by atoms with Crippen molar-refractivity contribution in [1.82, 2.24) is 5.32 Å². The van der Waals surface area contributed by atoms with Crippen molar-refractivity contribution >= 4 is 0 Å². The fourth-order valence-corrected chi connectivity index (χ4v) is 2.76. The molecule has 1 heteroatoms.